The van der Waals surface area contributed by atoms with Crippen LogP contribution in [0.2, 0.25) is 5.02 Å². The lowest BCUT2D eigenvalue weighted by atomic mass is 10.3. The molecule has 6 heteroatoms. The first kappa shape index (κ1) is 15.8. The van der Waals surface area contributed by atoms with Crippen LogP contribution in [-0.4, -0.2) is 28.6 Å². The van der Waals surface area contributed by atoms with E-state index in [2.05, 4.69) is 15.3 Å². The number of fused-ring (bicyclic) bond motifs is 1. The predicted molar refractivity (Wildman–Crippen MR) is 83.4 cm³/mol. The number of rotatable bonds is 6. The summed E-state index contributed by atoms with van der Waals surface area (Å²) in [5.74, 6) is 0.547. The van der Waals surface area contributed by atoms with Crippen molar-refractivity contribution in [3.63, 3.8) is 0 Å². The number of carbonyl (C=O) groups is 1. The minimum Gasteiger partial charge on any atom is -0.369 e. The number of nitrogens with zero attached hydrogens (tertiary/aromatic N) is 1. The third-order valence-electron chi connectivity index (χ3n) is 3.32. The summed E-state index contributed by atoms with van der Waals surface area (Å²) in [6, 6.07) is 5.23. The summed E-state index contributed by atoms with van der Waals surface area (Å²) in [5.41, 5.74) is 1.68. The van der Waals surface area contributed by atoms with Crippen molar-refractivity contribution < 1.29 is 9.53 Å². The van der Waals surface area contributed by atoms with E-state index in [1.807, 2.05) is 32.9 Å². The Bertz CT molecular complexity index is 626. The van der Waals surface area contributed by atoms with E-state index >= 15 is 0 Å². The molecule has 0 saturated heterocycles. The molecule has 114 valence electrons. The monoisotopic (exact) mass is 309 g/mol. The normalized spacial score (nSPS) is 14.1. The van der Waals surface area contributed by atoms with Crippen LogP contribution >= 0.6 is 11.6 Å². The number of benzene rings is 1. The Morgan fingerprint density at radius 2 is 2.24 bits per heavy atom. The highest BCUT2D eigenvalue weighted by atomic mass is 35.5. The number of hydrogen-bond donors (Lipinski definition) is 2. The minimum atomic E-state index is -0.218. The van der Waals surface area contributed by atoms with E-state index in [4.69, 9.17) is 16.3 Å². The first-order chi connectivity index (χ1) is 9.99. The molecule has 2 atom stereocenters. The summed E-state index contributed by atoms with van der Waals surface area (Å²) >= 11 is 5.94. The summed E-state index contributed by atoms with van der Waals surface area (Å²) in [6.07, 6.45) is 0.965. The van der Waals surface area contributed by atoms with Crippen LogP contribution in [0.25, 0.3) is 11.0 Å². The Balaban J connectivity index is 1.98. The van der Waals surface area contributed by atoms with Crippen molar-refractivity contribution >= 4 is 28.5 Å². The van der Waals surface area contributed by atoms with Crippen LogP contribution in [0.4, 0.5) is 0 Å². The maximum atomic E-state index is 11.8. The quantitative estimate of drug-likeness (QED) is 0.861. The molecule has 2 rings (SSSR count). The summed E-state index contributed by atoms with van der Waals surface area (Å²) < 4.78 is 5.40. The number of H-pyrrole nitrogens is 1. The molecule has 2 N–H and O–H groups in total. The van der Waals surface area contributed by atoms with Crippen molar-refractivity contribution in [3.05, 3.63) is 29.0 Å². The summed E-state index contributed by atoms with van der Waals surface area (Å²) in [5, 5.41) is 3.51. The molecule has 5 nitrogen and oxygen atoms in total. The van der Waals surface area contributed by atoms with Crippen molar-refractivity contribution in [1.82, 2.24) is 15.3 Å². The lowest BCUT2D eigenvalue weighted by Crippen LogP contribution is -2.31. The van der Waals surface area contributed by atoms with Gasteiger partial charge in [0, 0.05) is 5.02 Å². The van der Waals surface area contributed by atoms with Gasteiger partial charge in [-0.2, -0.15) is 0 Å². The molecule has 1 aromatic heterocycles. The molecule has 0 aliphatic rings. The number of aromatic amines is 1. The molecular formula is C15H20ClN3O2. The van der Waals surface area contributed by atoms with Crippen molar-refractivity contribution in [2.75, 3.05) is 6.61 Å². The number of amides is 1. The number of imidazole rings is 1. The van der Waals surface area contributed by atoms with Gasteiger partial charge < -0.3 is 15.0 Å². The third-order valence-corrected chi connectivity index (χ3v) is 3.56. The van der Waals surface area contributed by atoms with Crippen LogP contribution in [0.5, 0.6) is 0 Å². The average Bonchev–Trinajstić information content (AvgIpc) is 2.87. The average molecular weight is 310 g/mol. The van der Waals surface area contributed by atoms with Gasteiger partial charge >= 0.3 is 0 Å². The van der Waals surface area contributed by atoms with Crippen molar-refractivity contribution in [1.29, 1.82) is 0 Å². The number of nitrogens with one attached hydrogen (secondary N) is 2. The minimum absolute atomic E-state index is 0.0609. The molecule has 0 bridgehead atoms. The van der Waals surface area contributed by atoms with E-state index in [0.29, 0.717) is 10.8 Å². The Labute approximate surface area is 129 Å². The fraction of sp³-hybridized carbons (Fsp3) is 0.467. The highest BCUT2D eigenvalue weighted by molar-refractivity contribution is 6.31. The van der Waals surface area contributed by atoms with E-state index < -0.39 is 0 Å². The van der Waals surface area contributed by atoms with Gasteiger partial charge in [0.2, 0.25) is 5.91 Å². The Kier molecular flexibility index (Phi) is 5.20. The molecule has 0 radical (unpaired) electrons. The third kappa shape index (κ3) is 4.19. The highest BCUT2D eigenvalue weighted by Crippen LogP contribution is 2.19. The lowest BCUT2D eigenvalue weighted by Gasteiger charge is -2.13. The summed E-state index contributed by atoms with van der Waals surface area (Å²) in [6.45, 7) is 5.90. The molecule has 0 aliphatic heterocycles. The smallest absolute Gasteiger partial charge is 0.246 e. The molecule has 1 amide bonds. The second kappa shape index (κ2) is 6.91. The van der Waals surface area contributed by atoms with E-state index in [1.165, 1.54) is 0 Å². The van der Waals surface area contributed by atoms with E-state index in [1.54, 1.807) is 6.07 Å². The molecule has 1 aromatic carbocycles. The fourth-order valence-corrected chi connectivity index (χ4v) is 2.07. The zero-order valence-corrected chi connectivity index (χ0v) is 13.2. The first-order valence-electron chi connectivity index (χ1n) is 7.05. The molecule has 0 aliphatic carbocycles. The molecule has 21 heavy (non-hydrogen) atoms. The summed E-state index contributed by atoms with van der Waals surface area (Å²) in [7, 11) is 0. The van der Waals surface area contributed by atoms with Gasteiger partial charge in [-0.25, -0.2) is 4.98 Å². The lowest BCUT2D eigenvalue weighted by molar-refractivity contribution is -0.128. The van der Waals surface area contributed by atoms with Crippen LogP contribution < -0.4 is 5.32 Å². The van der Waals surface area contributed by atoms with Crippen LogP contribution in [0.1, 0.15) is 39.1 Å². The van der Waals surface area contributed by atoms with Gasteiger partial charge in [-0.15, -0.1) is 0 Å². The molecule has 2 unspecified atom stereocenters. The zero-order chi connectivity index (χ0) is 15.4. The van der Waals surface area contributed by atoms with Crippen LogP contribution in [-0.2, 0) is 9.53 Å². The number of halogens is 1. The number of carbonyl (C=O) groups excluding carboxylic acids is 1. The van der Waals surface area contributed by atoms with Gasteiger partial charge in [-0.1, -0.05) is 18.5 Å². The van der Waals surface area contributed by atoms with Crippen molar-refractivity contribution in [2.24, 2.45) is 0 Å². The van der Waals surface area contributed by atoms with E-state index in [9.17, 15) is 4.79 Å². The van der Waals surface area contributed by atoms with Gasteiger partial charge in [0.15, 0.2) is 0 Å². The summed E-state index contributed by atoms with van der Waals surface area (Å²) in [4.78, 5) is 19.4. The molecule has 0 fully saturated rings. The van der Waals surface area contributed by atoms with Crippen LogP contribution in [0, 0.1) is 0 Å². The Hall–Kier alpha value is -1.59. The molecule has 0 saturated carbocycles. The van der Waals surface area contributed by atoms with Gasteiger partial charge in [-0.3, -0.25) is 4.79 Å². The van der Waals surface area contributed by atoms with Gasteiger partial charge in [-0.05, 0) is 38.5 Å². The maximum Gasteiger partial charge on any atom is 0.246 e. The zero-order valence-electron chi connectivity index (χ0n) is 12.4. The second-order valence-corrected chi connectivity index (χ2v) is 5.54. The van der Waals surface area contributed by atoms with E-state index in [0.717, 1.165) is 17.5 Å². The molecule has 0 spiro atoms. The number of hydrogen-bond acceptors (Lipinski definition) is 3. The first-order valence-corrected chi connectivity index (χ1v) is 7.43. The highest BCUT2D eigenvalue weighted by Gasteiger charge is 2.14. The SMILES string of the molecule is CCC(C)OCC(=O)NC(C)c1nc2ccc(Cl)cc2[nH]1. The number of ether oxygens (including phenoxy) is 1. The Morgan fingerprint density at radius 3 is 2.95 bits per heavy atom. The van der Waals surface area contributed by atoms with Gasteiger partial charge in [0.05, 0.1) is 23.2 Å². The molecular weight excluding hydrogens is 290 g/mol. The topological polar surface area (TPSA) is 67.0 Å². The molecule has 2 aromatic rings. The fourth-order valence-electron chi connectivity index (χ4n) is 1.89. The van der Waals surface area contributed by atoms with Crippen LogP contribution in [0.15, 0.2) is 18.2 Å². The van der Waals surface area contributed by atoms with E-state index in [-0.39, 0.29) is 24.7 Å². The van der Waals surface area contributed by atoms with Crippen LogP contribution in [0.3, 0.4) is 0 Å². The second-order valence-electron chi connectivity index (χ2n) is 5.10. The Morgan fingerprint density at radius 1 is 1.48 bits per heavy atom. The van der Waals surface area contributed by atoms with Gasteiger partial charge in [0.25, 0.3) is 0 Å². The molecule has 1 heterocycles. The number of aromatic nitrogens is 2. The maximum absolute atomic E-state index is 11.8. The van der Waals surface area contributed by atoms with Crippen molar-refractivity contribution in [2.45, 2.75) is 39.3 Å². The predicted octanol–water partition coefficient (Wildman–Crippen LogP) is 3.21. The van der Waals surface area contributed by atoms with Crippen molar-refractivity contribution in [3.8, 4) is 0 Å². The van der Waals surface area contributed by atoms with Gasteiger partial charge in [0.1, 0.15) is 12.4 Å². The largest absolute Gasteiger partial charge is 0.369 e. The standard InChI is InChI=1S/C15H20ClN3O2/c1-4-9(2)21-8-14(20)17-10(3)15-18-12-6-5-11(16)7-13(12)19-15/h5-7,9-10H,4,8H2,1-3H3,(H,17,20)(H,18,19).